The second kappa shape index (κ2) is 7.92. The van der Waals surface area contributed by atoms with Crippen LogP contribution in [0.1, 0.15) is 42.4 Å². The maximum Gasteiger partial charge on any atom is 0.272 e. The van der Waals surface area contributed by atoms with Gasteiger partial charge in [0.25, 0.3) is 5.91 Å². The number of para-hydroxylation sites is 1. The van der Waals surface area contributed by atoms with Gasteiger partial charge in [0.15, 0.2) is 0 Å². The number of nitrogens with one attached hydrogen (secondary N) is 1. The van der Waals surface area contributed by atoms with Crippen LogP contribution in [-0.2, 0) is 0 Å². The van der Waals surface area contributed by atoms with Gasteiger partial charge in [-0.3, -0.25) is 4.79 Å². The summed E-state index contributed by atoms with van der Waals surface area (Å²) >= 11 is 6.00. The summed E-state index contributed by atoms with van der Waals surface area (Å²) in [6.07, 6.45) is 3.49. The van der Waals surface area contributed by atoms with Crippen molar-refractivity contribution in [2.75, 3.05) is 7.11 Å². The molecule has 0 spiro atoms. The predicted octanol–water partition coefficient (Wildman–Crippen LogP) is 3.66. The van der Waals surface area contributed by atoms with Gasteiger partial charge in [0, 0.05) is 11.8 Å². The third kappa shape index (κ3) is 4.42. The summed E-state index contributed by atoms with van der Waals surface area (Å²) in [6.45, 7) is 4.21. The van der Waals surface area contributed by atoms with Crippen molar-refractivity contribution in [3.8, 4) is 5.75 Å². The van der Waals surface area contributed by atoms with Gasteiger partial charge in [-0.25, -0.2) is 9.97 Å². The van der Waals surface area contributed by atoms with Gasteiger partial charge in [-0.1, -0.05) is 43.6 Å². The summed E-state index contributed by atoms with van der Waals surface area (Å²) < 4.78 is 5.42. The van der Waals surface area contributed by atoms with Crippen LogP contribution < -0.4 is 10.1 Å². The van der Waals surface area contributed by atoms with Crippen molar-refractivity contribution in [3.63, 3.8) is 0 Å². The Morgan fingerprint density at radius 2 is 2.09 bits per heavy atom. The van der Waals surface area contributed by atoms with Crippen molar-refractivity contribution in [2.45, 2.75) is 26.3 Å². The summed E-state index contributed by atoms with van der Waals surface area (Å²) in [5.74, 6) is 0.812. The Labute approximate surface area is 141 Å². The van der Waals surface area contributed by atoms with Crippen molar-refractivity contribution in [1.29, 1.82) is 0 Å². The minimum atomic E-state index is -0.325. The van der Waals surface area contributed by atoms with E-state index < -0.39 is 0 Å². The molecule has 0 saturated heterocycles. The summed E-state index contributed by atoms with van der Waals surface area (Å²) in [5.41, 5.74) is 1.10. The molecule has 0 radical (unpaired) electrons. The molecule has 1 N–H and O–H groups in total. The molecule has 1 amide bonds. The average molecular weight is 334 g/mol. The Bertz CT molecular complexity index is 676. The van der Waals surface area contributed by atoms with E-state index in [2.05, 4.69) is 29.1 Å². The first kappa shape index (κ1) is 17.2. The molecular weight excluding hydrogens is 314 g/mol. The van der Waals surface area contributed by atoms with E-state index in [9.17, 15) is 4.79 Å². The fourth-order valence-electron chi connectivity index (χ4n) is 2.40. The zero-order valence-corrected chi connectivity index (χ0v) is 14.2. The number of benzene rings is 1. The van der Waals surface area contributed by atoms with Gasteiger partial charge in [-0.15, -0.1) is 0 Å². The van der Waals surface area contributed by atoms with Gasteiger partial charge < -0.3 is 10.1 Å². The van der Waals surface area contributed by atoms with E-state index in [1.54, 1.807) is 7.11 Å². The first-order chi connectivity index (χ1) is 11.0. The molecule has 0 fully saturated rings. The van der Waals surface area contributed by atoms with E-state index >= 15 is 0 Å². The van der Waals surface area contributed by atoms with Crippen LogP contribution >= 0.6 is 11.6 Å². The van der Waals surface area contributed by atoms with Crippen LogP contribution in [0.3, 0.4) is 0 Å². The first-order valence-corrected chi connectivity index (χ1v) is 7.80. The molecule has 2 aromatic rings. The molecule has 0 aliphatic rings. The number of nitrogens with zero attached hydrogens (tertiary/aromatic N) is 2. The zero-order chi connectivity index (χ0) is 16.8. The number of hydrogen-bond acceptors (Lipinski definition) is 4. The topological polar surface area (TPSA) is 64.1 Å². The summed E-state index contributed by atoms with van der Waals surface area (Å²) in [5, 5.41) is 3.23. The second-order valence-electron chi connectivity index (χ2n) is 5.62. The Balaban J connectivity index is 2.29. The van der Waals surface area contributed by atoms with Crippen molar-refractivity contribution in [2.24, 2.45) is 5.92 Å². The Morgan fingerprint density at radius 1 is 1.35 bits per heavy atom. The van der Waals surface area contributed by atoms with E-state index in [0.29, 0.717) is 5.92 Å². The highest BCUT2D eigenvalue weighted by molar-refractivity contribution is 6.33. The molecule has 2 rings (SSSR count). The molecule has 1 aromatic carbocycles. The van der Waals surface area contributed by atoms with E-state index in [1.165, 1.54) is 12.5 Å². The lowest BCUT2D eigenvalue weighted by atomic mass is 9.96. The smallest absolute Gasteiger partial charge is 0.272 e. The Kier molecular flexibility index (Phi) is 5.93. The minimum absolute atomic E-state index is 0.172. The third-order valence-electron chi connectivity index (χ3n) is 3.41. The molecule has 0 aliphatic heterocycles. The second-order valence-corrected chi connectivity index (χ2v) is 6.02. The van der Waals surface area contributed by atoms with Gasteiger partial charge in [-0.2, -0.15) is 0 Å². The highest BCUT2D eigenvalue weighted by Gasteiger charge is 2.22. The maximum absolute atomic E-state index is 12.5. The van der Waals surface area contributed by atoms with Crippen LogP contribution in [0.4, 0.5) is 0 Å². The number of rotatable bonds is 6. The third-order valence-corrected chi connectivity index (χ3v) is 3.69. The number of aromatic nitrogens is 2. The van der Waals surface area contributed by atoms with Crippen molar-refractivity contribution in [1.82, 2.24) is 15.3 Å². The monoisotopic (exact) mass is 333 g/mol. The van der Waals surface area contributed by atoms with E-state index in [-0.39, 0.29) is 22.7 Å². The summed E-state index contributed by atoms with van der Waals surface area (Å²) in [7, 11) is 1.62. The first-order valence-electron chi connectivity index (χ1n) is 7.42. The van der Waals surface area contributed by atoms with Crippen molar-refractivity contribution >= 4 is 17.5 Å². The maximum atomic E-state index is 12.5. The fraction of sp³-hybridized carbons (Fsp3) is 0.353. The quantitative estimate of drug-likeness (QED) is 0.876. The van der Waals surface area contributed by atoms with Crippen LogP contribution in [0.2, 0.25) is 5.02 Å². The zero-order valence-electron chi connectivity index (χ0n) is 13.4. The molecule has 1 aromatic heterocycles. The van der Waals surface area contributed by atoms with Crippen molar-refractivity contribution in [3.05, 3.63) is 53.1 Å². The number of ether oxygens (including phenoxy) is 1. The molecule has 0 aliphatic carbocycles. The predicted molar refractivity (Wildman–Crippen MR) is 89.7 cm³/mol. The van der Waals surface area contributed by atoms with E-state index in [0.717, 1.165) is 17.7 Å². The number of halogens is 1. The molecule has 1 unspecified atom stereocenters. The highest BCUT2D eigenvalue weighted by Crippen LogP contribution is 2.29. The molecular formula is C17H20ClN3O2. The van der Waals surface area contributed by atoms with Crippen LogP contribution in [0.5, 0.6) is 5.75 Å². The van der Waals surface area contributed by atoms with Gasteiger partial charge in [0.1, 0.15) is 17.8 Å². The molecule has 0 bridgehead atoms. The highest BCUT2D eigenvalue weighted by atomic mass is 35.5. The van der Waals surface area contributed by atoms with E-state index in [4.69, 9.17) is 16.3 Å². The fourth-order valence-corrected chi connectivity index (χ4v) is 2.59. The lowest BCUT2D eigenvalue weighted by Gasteiger charge is -2.23. The molecule has 122 valence electrons. The lowest BCUT2D eigenvalue weighted by Crippen LogP contribution is -2.30. The SMILES string of the molecule is COc1ccccc1C(CC(C)C)NC(=O)c1ncncc1Cl. The van der Waals surface area contributed by atoms with Crippen LogP contribution in [-0.4, -0.2) is 23.0 Å². The Hall–Kier alpha value is -2.14. The molecule has 1 heterocycles. The molecule has 1 atom stereocenters. The largest absolute Gasteiger partial charge is 0.496 e. The van der Waals surface area contributed by atoms with Gasteiger partial charge in [0.2, 0.25) is 0 Å². The van der Waals surface area contributed by atoms with Gasteiger partial charge >= 0.3 is 0 Å². The number of carbonyl (C=O) groups is 1. The minimum Gasteiger partial charge on any atom is -0.496 e. The molecule has 23 heavy (non-hydrogen) atoms. The summed E-state index contributed by atoms with van der Waals surface area (Å²) in [6, 6.07) is 7.47. The number of hydrogen-bond donors (Lipinski definition) is 1. The van der Waals surface area contributed by atoms with Crippen molar-refractivity contribution < 1.29 is 9.53 Å². The van der Waals surface area contributed by atoms with Gasteiger partial charge in [0.05, 0.1) is 18.2 Å². The van der Waals surface area contributed by atoms with Crippen LogP contribution in [0.25, 0.3) is 0 Å². The van der Waals surface area contributed by atoms with Crippen LogP contribution in [0, 0.1) is 5.92 Å². The summed E-state index contributed by atoms with van der Waals surface area (Å²) in [4.78, 5) is 20.3. The Morgan fingerprint density at radius 3 is 2.74 bits per heavy atom. The van der Waals surface area contributed by atoms with Crippen LogP contribution in [0.15, 0.2) is 36.8 Å². The standard InChI is InChI=1S/C17H20ClN3O2/c1-11(2)8-14(12-6-4-5-7-15(12)23-3)21-17(22)16-13(18)9-19-10-20-16/h4-7,9-11,14H,8H2,1-3H3,(H,21,22). The number of methoxy groups -OCH3 is 1. The average Bonchev–Trinajstić information content (AvgIpc) is 2.54. The van der Waals surface area contributed by atoms with E-state index in [1.807, 2.05) is 24.3 Å². The number of amides is 1. The van der Waals surface area contributed by atoms with Gasteiger partial charge in [-0.05, 0) is 18.4 Å². The molecule has 5 nitrogen and oxygen atoms in total. The molecule has 0 saturated carbocycles. The normalized spacial score (nSPS) is 12.0. The molecule has 6 heteroatoms. The lowest BCUT2D eigenvalue weighted by molar-refractivity contribution is 0.0926. The number of carbonyl (C=O) groups excluding carboxylic acids is 1.